The molecule has 0 heterocycles. The monoisotopic (exact) mass is 385 g/mol. The maximum absolute atomic E-state index is 3.72. The molecule has 0 saturated carbocycles. The van der Waals surface area contributed by atoms with E-state index in [0.717, 1.165) is 6.54 Å². The number of rotatable bonds is 18. The lowest BCUT2D eigenvalue weighted by atomic mass is 9.95. The molecule has 1 rings (SSSR count). The number of hydrogen-bond acceptors (Lipinski definition) is 1. The Morgan fingerprint density at radius 2 is 1.25 bits per heavy atom. The second kappa shape index (κ2) is 16.8. The van der Waals surface area contributed by atoms with E-state index in [4.69, 9.17) is 0 Å². The van der Waals surface area contributed by atoms with Crippen molar-refractivity contribution in [2.75, 3.05) is 0 Å². The van der Waals surface area contributed by atoms with Crippen molar-refractivity contribution in [3.8, 4) is 0 Å². The molecule has 0 aliphatic rings. The van der Waals surface area contributed by atoms with E-state index >= 15 is 0 Å². The third-order valence-corrected chi connectivity index (χ3v) is 5.68. The van der Waals surface area contributed by atoms with Gasteiger partial charge in [0.15, 0.2) is 0 Å². The zero-order chi connectivity index (χ0) is 20.3. The molecule has 0 aliphatic heterocycles. The normalized spacial score (nSPS) is 12.1. The Balaban J connectivity index is 1.89. The van der Waals surface area contributed by atoms with Gasteiger partial charge in [-0.15, -0.1) is 0 Å². The van der Waals surface area contributed by atoms with E-state index < -0.39 is 0 Å². The summed E-state index contributed by atoms with van der Waals surface area (Å²) >= 11 is 0. The van der Waals surface area contributed by atoms with Gasteiger partial charge in [0, 0.05) is 12.1 Å². The van der Waals surface area contributed by atoms with Gasteiger partial charge in [0.05, 0.1) is 0 Å². The molecule has 160 valence electrons. The average Bonchev–Trinajstić information content (AvgIpc) is 2.70. The van der Waals surface area contributed by atoms with Crippen molar-refractivity contribution in [2.24, 2.45) is 0 Å². The lowest BCUT2D eigenvalue weighted by Gasteiger charge is -2.26. The summed E-state index contributed by atoms with van der Waals surface area (Å²) in [4.78, 5) is 0. The minimum absolute atomic E-state index is 0.231. The molecule has 0 bridgehead atoms. The summed E-state index contributed by atoms with van der Waals surface area (Å²) in [5.74, 6) is 0. The van der Waals surface area contributed by atoms with Crippen LogP contribution in [0.2, 0.25) is 0 Å². The number of benzene rings is 1. The summed E-state index contributed by atoms with van der Waals surface area (Å²) in [5, 5.41) is 3.72. The highest BCUT2D eigenvalue weighted by Crippen LogP contribution is 2.16. The number of hydrogen-bond donors (Lipinski definition) is 1. The zero-order valence-corrected chi connectivity index (χ0v) is 19.1. The predicted molar refractivity (Wildman–Crippen MR) is 127 cm³/mol. The largest absolute Gasteiger partial charge is 0.308 e. The molecular formula is C27H47N. The first-order chi connectivity index (χ1) is 13.6. The van der Waals surface area contributed by atoms with Crippen molar-refractivity contribution in [3.05, 3.63) is 48.0 Å². The summed E-state index contributed by atoms with van der Waals surface area (Å²) in [6.45, 7) is 7.93. The highest BCUT2D eigenvalue weighted by Gasteiger charge is 2.15. The summed E-state index contributed by atoms with van der Waals surface area (Å²) in [7, 11) is 0. The van der Waals surface area contributed by atoms with Gasteiger partial charge in [-0.3, -0.25) is 0 Å². The van der Waals surface area contributed by atoms with Gasteiger partial charge in [-0.05, 0) is 51.5 Å². The predicted octanol–water partition coefficient (Wildman–Crippen LogP) is 8.59. The second-order valence-corrected chi connectivity index (χ2v) is 9.06. The van der Waals surface area contributed by atoms with Crippen LogP contribution >= 0.6 is 0 Å². The van der Waals surface area contributed by atoms with Crippen molar-refractivity contribution in [1.82, 2.24) is 5.32 Å². The Bertz CT molecular complexity index is 474. The molecule has 0 aliphatic carbocycles. The van der Waals surface area contributed by atoms with Gasteiger partial charge in [0.1, 0.15) is 0 Å². The van der Waals surface area contributed by atoms with Crippen molar-refractivity contribution in [3.63, 3.8) is 0 Å². The van der Waals surface area contributed by atoms with Gasteiger partial charge in [-0.2, -0.15) is 0 Å². The van der Waals surface area contributed by atoms with Crippen LogP contribution in [0.15, 0.2) is 42.5 Å². The maximum atomic E-state index is 3.72. The molecule has 0 aromatic heterocycles. The molecule has 1 nitrogen and oxygen atoms in total. The van der Waals surface area contributed by atoms with Crippen LogP contribution in [-0.4, -0.2) is 5.54 Å². The van der Waals surface area contributed by atoms with Crippen molar-refractivity contribution < 1.29 is 0 Å². The quantitative estimate of drug-likeness (QED) is 0.197. The van der Waals surface area contributed by atoms with Gasteiger partial charge in [0.25, 0.3) is 0 Å². The van der Waals surface area contributed by atoms with Crippen LogP contribution in [0, 0.1) is 0 Å². The van der Waals surface area contributed by atoms with Gasteiger partial charge in [-0.25, -0.2) is 0 Å². The van der Waals surface area contributed by atoms with E-state index in [0.29, 0.717) is 0 Å². The summed E-state index contributed by atoms with van der Waals surface area (Å²) in [6.07, 6.45) is 23.9. The molecule has 0 fully saturated rings. The first-order valence-corrected chi connectivity index (χ1v) is 12.1. The summed E-state index contributed by atoms with van der Waals surface area (Å²) in [5.41, 5.74) is 1.61. The molecule has 0 unspecified atom stereocenters. The van der Waals surface area contributed by atoms with Crippen LogP contribution in [0.5, 0.6) is 0 Å². The molecule has 28 heavy (non-hydrogen) atoms. The Labute approximate surface area is 176 Å². The van der Waals surface area contributed by atoms with Crippen LogP contribution in [0.4, 0.5) is 0 Å². The Morgan fingerprint density at radius 3 is 1.86 bits per heavy atom. The third kappa shape index (κ3) is 14.9. The molecular weight excluding hydrogens is 338 g/mol. The van der Waals surface area contributed by atoms with Crippen LogP contribution in [0.1, 0.15) is 116 Å². The van der Waals surface area contributed by atoms with E-state index in [2.05, 4.69) is 68.6 Å². The van der Waals surface area contributed by atoms with Crippen molar-refractivity contribution in [1.29, 1.82) is 0 Å². The molecule has 1 aromatic rings. The first-order valence-electron chi connectivity index (χ1n) is 12.1. The van der Waals surface area contributed by atoms with E-state index in [1.165, 1.54) is 95.5 Å². The molecule has 1 aromatic carbocycles. The van der Waals surface area contributed by atoms with Gasteiger partial charge < -0.3 is 5.32 Å². The van der Waals surface area contributed by atoms with Crippen molar-refractivity contribution in [2.45, 2.75) is 123 Å². The Hall–Kier alpha value is -1.08. The third-order valence-electron chi connectivity index (χ3n) is 5.68. The van der Waals surface area contributed by atoms with Crippen LogP contribution in [0.25, 0.3) is 0 Å². The first kappa shape index (κ1) is 25.0. The fraction of sp³-hybridized carbons (Fsp3) is 0.704. The molecule has 0 atom stereocenters. The minimum Gasteiger partial charge on any atom is -0.308 e. The zero-order valence-electron chi connectivity index (χ0n) is 19.1. The molecule has 1 N–H and O–H groups in total. The van der Waals surface area contributed by atoms with Gasteiger partial charge in [-0.1, -0.05) is 107 Å². The molecule has 0 spiro atoms. The molecule has 1 heteroatoms. The van der Waals surface area contributed by atoms with Gasteiger partial charge >= 0.3 is 0 Å². The number of unbranched alkanes of at least 4 members (excludes halogenated alkanes) is 11. The Kier molecular flexibility index (Phi) is 15.0. The molecule has 0 saturated heterocycles. The Morgan fingerprint density at radius 1 is 0.714 bits per heavy atom. The molecule has 0 amide bonds. The SMILES string of the molecule is CCCCCCCC/C=C\CCCCCCCC(C)(C)NCc1ccccc1. The minimum atomic E-state index is 0.231. The van der Waals surface area contributed by atoms with E-state index in [1.807, 2.05) is 0 Å². The van der Waals surface area contributed by atoms with E-state index in [1.54, 1.807) is 0 Å². The van der Waals surface area contributed by atoms with E-state index in [9.17, 15) is 0 Å². The lowest BCUT2D eigenvalue weighted by Crippen LogP contribution is -2.38. The summed E-state index contributed by atoms with van der Waals surface area (Å²) < 4.78 is 0. The van der Waals surface area contributed by atoms with E-state index in [-0.39, 0.29) is 5.54 Å². The van der Waals surface area contributed by atoms with Crippen LogP contribution in [-0.2, 0) is 6.54 Å². The maximum Gasteiger partial charge on any atom is 0.0210 e. The smallest absolute Gasteiger partial charge is 0.0210 e. The second-order valence-electron chi connectivity index (χ2n) is 9.06. The lowest BCUT2D eigenvalue weighted by molar-refractivity contribution is 0.345. The highest BCUT2D eigenvalue weighted by atomic mass is 14.9. The topological polar surface area (TPSA) is 12.0 Å². The fourth-order valence-electron chi connectivity index (χ4n) is 3.66. The van der Waals surface area contributed by atoms with Crippen LogP contribution in [0.3, 0.4) is 0 Å². The van der Waals surface area contributed by atoms with Crippen molar-refractivity contribution >= 4 is 0 Å². The fourth-order valence-corrected chi connectivity index (χ4v) is 3.66. The molecule has 0 radical (unpaired) electrons. The number of nitrogens with one attached hydrogen (secondary N) is 1. The summed E-state index contributed by atoms with van der Waals surface area (Å²) in [6, 6.07) is 10.7. The average molecular weight is 386 g/mol. The van der Waals surface area contributed by atoms with Crippen LogP contribution < -0.4 is 5.32 Å². The van der Waals surface area contributed by atoms with Gasteiger partial charge in [0.2, 0.25) is 0 Å². The standard InChI is InChI=1S/C27H47N/c1-4-5-6-7-8-9-10-11-12-13-14-15-16-17-21-24-27(2,3)28-25-26-22-19-18-20-23-26/h11-12,18-20,22-23,28H,4-10,13-17,21,24-25H2,1-3H3/b12-11-. The number of allylic oxidation sites excluding steroid dienone is 2. The highest BCUT2D eigenvalue weighted by molar-refractivity contribution is 5.14.